The van der Waals surface area contributed by atoms with Crippen molar-refractivity contribution in [2.45, 2.75) is 31.8 Å². The zero-order chi connectivity index (χ0) is 17.2. The lowest BCUT2D eigenvalue weighted by Gasteiger charge is -2.33. The van der Waals surface area contributed by atoms with E-state index in [9.17, 15) is 0 Å². The summed E-state index contributed by atoms with van der Waals surface area (Å²) in [6, 6.07) is 7.93. The molecule has 0 aliphatic carbocycles. The first kappa shape index (κ1) is 17.0. The summed E-state index contributed by atoms with van der Waals surface area (Å²) in [5, 5.41) is 13.7. The van der Waals surface area contributed by atoms with Crippen molar-refractivity contribution in [3.8, 4) is 11.5 Å². The summed E-state index contributed by atoms with van der Waals surface area (Å²) in [6.07, 6.45) is 3.36. The lowest BCUT2D eigenvalue weighted by atomic mass is 10.0. The van der Waals surface area contributed by atoms with Crippen molar-refractivity contribution < 1.29 is 4.42 Å². The number of thiophene rings is 1. The van der Waals surface area contributed by atoms with Crippen molar-refractivity contribution in [1.29, 1.82) is 0 Å². The maximum absolute atomic E-state index is 6.15. The molecule has 3 heterocycles. The molecule has 1 aliphatic rings. The van der Waals surface area contributed by atoms with E-state index in [4.69, 9.17) is 27.6 Å². The third-order valence-electron chi connectivity index (χ3n) is 4.48. The summed E-state index contributed by atoms with van der Waals surface area (Å²) in [4.78, 5) is 2.38. The molecule has 0 N–H and O–H groups in total. The Balaban J connectivity index is 1.55. The minimum Gasteiger partial charge on any atom is -0.419 e. The van der Waals surface area contributed by atoms with Crippen LogP contribution in [0.5, 0.6) is 0 Å². The second-order valence-electron chi connectivity index (χ2n) is 6.19. The highest BCUT2D eigenvalue weighted by atomic mass is 35.5. The van der Waals surface area contributed by atoms with E-state index in [1.54, 1.807) is 11.3 Å². The van der Waals surface area contributed by atoms with Gasteiger partial charge in [-0.15, -0.1) is 10.2 Å². The highest BCUT2D eigenvalue weighted by Gasteiger charge is 2.29. The summed E-state index contributed by atoms with van der Waals surface area (Å²) in [7, 11) is 0. The van der Waals surface area contributed by atoms with Crippen LogP contribution < -0.4 is 0 Å². The molecule has 1 saturated heterocycles. The molecule has 1 unspecified atom stereocenters. The van der Waals surface area contributed by atoms with Gasteiger partial charge in [0.15, 0.2) is 0 Å². The largest absolute Gasteiger partial charge is 0.419 e. The van der Waals surface area contributed by atoms with Gasteiger partial charge in [0.2, 0.25) is 11.8 Å². The number of hydrogen-bond acceptors (Lipinski definition) is 5. The van der Waals surface area contributed by atoms with Crippen LogP contribution in [-0.4, -0.2) is 21.6 Å². The first-order valence-corrected chi connectivity index (χ1v) is 9.94. The Morgan fingerprint density at radius 2 is 2.08 bits per heavy atom. The molecular weight excluding hydrogens is 377 g/mol. The molecule has 0 spiro atoms. The fourth-order valence-electron chi connectivity index (χ4n) is 3.20. The van der Waals surface area contributed by atoms with Crippen molar-refractivity contribution in [3.63, 3.8) is 0 Å². The molecule has 7 heteroatoms. The number of aromatic nitrogens is 2. The SMILES string of the molecule is Clc1ccc(CN2CCCCC2c2nnc(-c3ccsc3)o2)cc1Cl. The van der Waals surface area contributed by atoms with Gasteiger partial charge in [-0.25, -0.2) is 0 Å². The molecule has 0 bridgehead atoms. The van der Waals surface area contributed by atoms with Crippen LogP contribution >= 0.6 is 34.5 Å². The zero-order valence-corrected chi connectivity index (χ0v) is 15.8. The molecule has 3 aromatic rings. The third kappa shape index (κ3) is 3.75. The van der Waals surface area contributed by atoms with Crippen LogP contribution in [0.2, 0.25) is 10.0 Å². The molecule has 130 valence electrons. The first-order chi connectivity index (χ1) is 12.2. The molecule has 1 aliphatic heterocycles. The number of piperidine rings is 1. The average Bonchev–Trinajstić information content (AvgIpc) is 3.30. The smallest absolute Gasteiger partial charge is 0.248 e. The Labute approximate surface area is 160 Å². The quantitative estimate of drug-likeness (QED) is 0.558. The van der Waals surface area contributed by atoms with Crippen LogP contribution in [0.1, 0.15) is 36.8 Å². The van der Waals surface area contributed by atoms with Crippen LogP contribution in [0.3, 0.4) is 0 Å². The van der Waals surface area contributed by atoms with Crippen molar-refractivity contribution in [1.82, 2.24) is 15.1 Å². The molecule has 2 aromatic heterocycles. The monoisotopic (exact) mass is 393 g/mol. The molecule has 4 nitrogen and oxygen atoms in total. The Morgan fingerprint density at radius 1 is 1.16 bits per heavy atom. The standard InChI is InChI=1S/C18H17Cl2N3OS/c19-14-5-4-12(9-15(14)20)10-23-7-2-1-3-16(23)18-22-21-17(24-18)13-6-8-25-11-13/h4-6,8-9,11,16H,1-3,7,10H2. The van der Waals surface area contributed by atoms with E-state index >= 15 is 0 Å². The predicted octanol–water partition coefficient (Wildman–Crippen LogP) is 5.83. The van der Waals surface area contributed by atoms with Crippen molar-refractivity contribution in [3.05, 3.63) is 56.5 Å². The van der Waals surface area contributed by atoms with Gasteiger partial charge in [0.1, 0.15) is 0 Å². The van der Waals surface area contributed by atoms with Crippen LogP contribution in [-0.2, 0) is 6.54 Å². The van der Waals surface area contributed by atoms with Gasteiger partial charge in [-0.1, -0.05) is 35.7 Å². The van der Waals surface area contributed by atoms with Crippen molar-refractivity contribution >= 4 is 34.5 Å². The minimum atomic E-state index is 0.142. The third-order valence-corrected chi connectivity index (χ3v) is 5.90. The lowest BCUT2D eigenvalue weighted by molar-refractivity contribution is 0.118. The van der Waals surface area contributed by atoms with Crippen LogP contribution in [0.15, 0.2) is 39.4 Å². The summed E-state index contributed by atoms with van der Waals surface area (Å²) in [5.41, 5.74) is 2.12. The van der Waals surface area contributed by atoms with E-state index in [1.165, 1.54) is 12.8 Å². The van der Waals surface area contributed by atoms with Gasteiger partial charge in [-0.2, -0.15) is 11.3 Å². The molecule has 1 aromatic carbocycles. The van der Waals surface area contributed by atoms with E-state index in [1.807, 2.05) is 35.0 Å². The topological polar surface area (TPSA) is 42.2 Å². The van der Waals surface area contributed by atoms with Crippen LogP contribution in [0.4, 0.5) is 0 Å². The summed E-state index contributed by atoms with van der Waals surface area (Å²) in [6.45, 7) is 1.79. The maximum atomic E-state index is 6.15. The second kappa shape index (κ2) is 7.46. The normalized spacial score (nSPS) is 18.6. The van der Waals surface area contributed by atoms with E-state index in [2.05, 4.69) is 15.1 Å². The zero-order valence-electron chi connectivity index (χ0n) is 13.5. The van der Waals surface area contributed by atoms with E-state index in [0.717, 1.165) is 30.6 Å². The van der Waals surface area contributed by atoms with Crippen LogP contribution in [0, 0.1) is 0 Å². The number of hydrogen-bond donors (Lipinski definition) is 0. The number of benzene rings is 1. The van der Waals surface area contributed by atoms with E-state index < -0.39 is 0 Å². The molecule has 25 heavy (non-hydrogen) atoms. The predicted molar refractivity (Wildman–Crippen MR) is 101 cm³/mol. The van der Waals surface area contributed by atoms with E-state index in [0.29, 0.717) is 21.8 Å². The van der Waals surface area contributed by atoms with Gasteiger partial charge in [-0.05, 0) is 48.5 Å². The van der Waals surface area contributed by atoms with Crippen LogP contribution in [0.25, 0.3) is 11.5 Å². The molecule has 1 atom stereocenters. The number of halogens is 2. The van der Waals surface area contributed by atoms with Gasteiger partial charge in [0.25, 0.3) is 0 Å². The summed E-state index contributed by atoms with van der Waals surface area (Å²) in [5.74, 6) is 1.29. The summed E-state index contributed by atoms with van der Waals surface area (Å²) < 4.78 is 5.97. The van der Waals surface area contributed by atoms with Gasteiger partial charge < -0.3 is 4.42 Å². The minimum absolute atomic E-state index is 0.142. The Kier molecular flexibility index (Phi) is 5.08. The van der Waals surface area contributed by atoms with E-state index in [-0.39, 0.29) is 6.04 Å². The Morgan fingerprint density at radius 3 is 2.88 bits per heavy atom. The molecule has 1 fully saturated rings. The lowest BCUT2D eigenvalue weighted by Crippen LogP contribution is -2.33. The number of nitrogens with zero attached hydrogens (tertiary/aromatic N) is 3. The second-order valence-corrected chi connectivity index (χ2v) is 7.78. The van der Waals surface area contributed by atoms with Gasteiger partial charge >= 0.3 is 0 Å². The number of likely N-dealkylation sites (tertiary alicyclic amines) is 1. The highest BCUT2D eigenvalue weighted by Crippen LogP contribution is 2.34. The number of rotatable bonds is 4. The summed E-state index contributed by atoms with van der Waals surface area (Å²) >= 11 is 13.8. The highest BCUT2D eigenvalue weighted by molar-refractivity contribution is 7.08. The van der Waals surface area contributed by atoms with Gasteiger partial charge in [0.05, 0.1) is 16.1 Å². The first-order valence-electron chi connectivity index (χ1n) is 8.24. The molecule has 4 rings (SSSR count). The Hall–Kier alpha value is -1.40. The fraction of sp³-hybridized carbons (Fsp3) is 0.333. The molecule has 0 amide bonds. The average molecular weight is 394 g/mol. The van der Waals surface area contributed by atoms with Gasteiger partial charge in [0, 0.05) is 17.5 Å². The maximum Gasteiger partial charge on any atom is 0.248 e. The molecular formula is C18H17Cl2N3OS. The Bertz CT molecular complexity index is 850. The molecule has 0 radical (unpaired) electrons. The van der Waals surface area contributed by atoms with Gasteiger partial charge in [-0.3, -0.25) is 4.90 Å². The van der Waals surface area contributed by atoms with Crippen molar-refractivity contribution in [2.75, 3.05) is 6.54 Å². The fourth-order valence-corrected chi connectivity index (χ4v) is 4.15. The molecule has 0 saturated carbocycles. The van der Waals surface area contributed by atoms with Crippen molar-refractivity contribution in [2.24, 2.45) is 0 Å².